The largest absolute Gasteiger partial charge is 1.00 e. The Labute approximate surface area is 153 Å². The van der Waals surface area contributed by atoms with Crippen LogP contribution in [0.2, 0.25) is 0 Å². The van der Waals surface area contributed by atoms with Crippen molar-refractivity contribution in [3.8, 4) is 11.5 Å². The van der Waals surface area contributed by atoms with Gasteiger partial charge in [0.2, 0.25) is 6.79 Å². The lowest BCUT2D eigenvalue weighted by Crippen LogP contribution is -3.00. The summed E-state index contributed by atoms with van der Waals surface area (Å²) in [4.78, 5) is 0. The van der Waals surface area contributed by atoms with E-state index in [-0.39, 0.29) is 18.2 Å². The van der Waals surface area contributed by atoms with E-state index in [9.17, 15) is 4.39 Å². The van der Waals surface area contributed by atoms with Gasteiger partial charge in [0.05, 0.1) is 5.56 Å². The van der Waals surface area contributed by atoms with E-state index in [2.05, 4.69) is 23.6 Å². The molecule has 2 aliphatic heterocycles. The van der Waals surface area contributed by atoms with Gasteiger partial charge in [-0.05, 0) is 36.2 Å². The van der Waals surface area contributed by atoms with Crippen LogP contribution in [0.15, 0.2) is 36.4 Å². The molecule has 0 aliphatic carbocycles. The molecule has 0 fully saturated rings. The molecule has 0 spiro atoms. The third-order valence-corrected chi connectivity index (χ3v) is 4.75. The fourth-order valence-corrected chi connectivity index (χ4v) is 3.56. The van der Waals surface area contributed by atoms with E-state index in [0.29, 0.717) is 13.3 Å². The topological polar surface area (TPSA) is 21.5 Å². The molecule has 0 saturated carbocycles. The minimum Gasteiger partial charge on any atom is -1.00 e. The first-order valence-electron chi connectivity index (χ1n) is 8.53. The summed E-state index contributed by atoms with van der Waals surface area (Å²) in [5.74, 6) is 1.52. The molecule has 3 nitrogen and oxygen atoms in total. The molecule has 2 aromatic carbocycles. The Morgan fingerprint density at radius 2 is 1.88 bits per heavy atom. The fraction of sp³-hybridized carbons (Fsp3) is 0.350. The van der Waals surface area contributed by atoms with Gasteiger partial charge < -0.3 is 21.9 Å². The molecule has 0 radical (unpaired) electrons. The van der Waals surface area contributed by atoms with Crippen LogP contribution in [0.25, 0.3) is 0 Å². The first-order chi connectivity index (χ1) is 11.8. The van der Waals surface area contributed by atoms with E-state index in [1.54, 1.807) is 6.07 Å². The van der Waals surface area contributed by atoms with Crippen molar-refractivity contribution in [2.45, 2.75) is 32.7 Å². The second kappa shape index (κ2) is 7.44. The van der Waals surface area contributed by atoms with Crippen LogP contribution in [-0.4, -0.2) is 23.6 Å². The van der Waals surface area contributed by atoms with Gasteiger partial charge in [-0.1, -0.05) is 19.1 Å². The SMILES string of the molecule is CCCC1=[N+](Cc2ccccc2F)CCc2cc3c(cc21)OCO3.[Cl-]. The predicted octanol–water partition coefficient (Wildman–Crippen LogP) is 0.916. The zero-order chi connectivity index (χ0) is 16.5. The van der Waals surface area contributed by atoms with Crippen molar-refractivity contribution in [2.75, 3.05) is 13.3 Å². The average molecular weight is 362 g/mol. The predicted molar refractivity (Wildman–Crippen MR) is 90.5 cm³/mol. The molecule has 2 aliphatic rings. The molecule has 4 rings (SSSR count). The summed E-state index contributed by atoms with van der Waals surface area (Å²) in [5, 5.41) is 0. The molecule has 0 bridgehead atoms. The molecular formula is C20H21ClFNO2. The van der Waals surface area contributed by atoms with Gasteiger partial charge in [0, 0.05) is 18.4 Å². The molecule has 5 heteroatoms. The van der Waals surface area contributed by atoms with Crippen LogP contribution in [0.3, 0.4) is 0 Å². The maximum absolute atomic E-state index is 14.1. The van der Waals surface area contributed by atoms with Gasteiger partial charge in [-0.15, -0.1) is 0 Å². The minimum absolute atomic E-state index is 0. The Morgan fingerprint density at radius 3 is 2.64 bits per heavy atom. The van der Waals surface area contributed by atoms with Gasteiger partial charge in [-0.25, -0.2) is 8.97 Å². The van der Waals surface area contributed by atoms with E-state index < -0.39 is 0 Å². The molecule has 0 aromatic heterocycles. The molecule has 0 unspecified atom stereocenters. The van der Waals surface area contributed by atoms with E-state index >= 15 is 0 Å². The van der Waals surface area contributed by atoms with Crippen molar-refractivity contribution < 1.29 is 30.8 Å². The van der Waals surface area contributed by atoms with Crippen LogP contribution < -0.4 is 21.9 Å². The maximum Gasteiger partial charge on any atom is 0.231 e. The molecule has 0 saturated heterocycles. The Bertz CT molecular complexity index is 819. The van der Waals surface area contributed by atoms with Gasteiger partial charge in [-0.3, -0.25) is 0 Å². The minimum atomic E-state index is -0.134. The quantitative estimate of drug-likeness (QED) is 0.755. The van der Waals surface area contributed by atoms with E-state index in [0.717, 1.165) is 42.9 Å². The van der Waals surface area contributed by atoms with Crippen LogP contribution in [-0.2, 0) is 13.0 Å². The number of benzene rings is 2. The van der Waals surface area contributed by atoms with Crippen molar-refractivity contribution in [3.63, 3.8) is 0 Å². The normalized spacial score (nSPS) is 15.0. The molecular weight excluding hydrogens is 341 g/mol. The summed E-state index contributed by atoms with van der Waals surface area (Å²) in [5.41, 5.74) is 4.55. The monoisotopic (exact) mass is 361 g/mol. The van der Waals surface area contributed by atoms with E-state index in [1.807, 2.05) is 12.1 Å². The second-order valence-electron chi connectivity index (χ2n) is 6.32. The highest BCUT2D eigenvalue weighted by atomic mass is 35.5. The number of nitrogens with zero attached hydrogens (tertiary/aromatic N) is 1. The molecule has 2 heterocycles. The van der Waals surface area contributed by atoms with Gasteiger partial charge in [0.25, 0.3) is 0 Å². The lowest BCUT2D eigenvalue weighted by Gasteiger charge is -2.19. The summed E-state index contributed by atoms with van der Waals surface area (Å²) in [6, 6.07) is 11.2. The van der Waals surface area contributed by atoms with Crippen molar-refractivity contribution in [1.29, 1.82) is 0 Å². The molecule has 0 amide bonds. The molecule has 0 N–H and O–H groups in total. The zero-order valence-electron chi connectivity index (χ0n) is 14.2. The maximum atomic E-state index is 14.1. The van der Waals surface area contributed by atoms with Gasteiger partial charge in [0.15, 0.2) is 23.8 Å². The average Bonchev–Trinajstić information content (AvgIpc) is 3.04. The van der Waals surface area contributed by atoms with Crippen LogP contribution >= 0.6 is 0 Å². The first-order valence-corrected chi connectivity index (χ1v) is 8.53. The standard InChI is InChI=1S/C20H21FNO2.ClH/c1-2-5-18-16-11-20-19(23-13-24-20)10-14(16)8-9-22(18)12-15-6-3-4-7-17(15)21;/h3-4,6-7,10-11H,2,5,8-9,12-13H2,1H3;1H/q+1;/p-1. The van der Waals surface area contributed by atoms with Crippen LogP contribution in [0.4, 0.5) is 4.39 Å². The second-order valence-corrected chi connectivity index (χ2v) is 6.32. The highest BCUT2D eigenvalue weighted by Crippen LogP contribution is 2.36. The Morgan fingerprint density at radius 1 is 1.12 bits per heavy atom. The van der Waals surface area contributed by atoms with Crippen molar-refractivity contribution in [3.05, 3.63) is 58.9 Å². The van der Waals surface area contributed by atoms with Crippen molar-refractivity contribution in [1.82, 2.24) is 0 Å². The zero-order valence-corrected chi connectivity index (χ0v) is 15.0. The highest BCUT2D eigenvalue weighted by molar-refractivity contribution is 5.99. The lowest BCUT2D eigenvalue weighted by molar-refractivity contribution is -0.546. The molecule has 0 atom stereocenters. The van der Waals surface area contributed by atoms with Crippen LogP contribution in [0, 0.1) is 5.82 Å². The van der Waals surface area contributed by atoms with Gasteiger partial charge in [-0.2, -0.15) is 0 Å². The number of fused-ring (bicyclic) bond motifs is 2. The third kappa shape index (κ3) is 3.36. The Balaban J connectivity index is 0.00000182. The van der Waals surface area contributed by atoms with Crippen molar-refractivity contribution >= 4 is 5.71 Å². The number of halogens is 2. The molecule has 25 heavy (non-hydrogen) atoms. The number of ether oxygens (including phenoxy) is 2. The Kier molecular flexibility index (Phi) is 5.28. The summed E-state index contributed by atoms with van der Waals surface area (Å²) < 4.78 is 27.4. The molecule has 2 aromatic rings. The summed E-state index contributed by atoms with van der Waals surface area (Å²) >= 11 is 0. The summed E-state index contributed by atoms with van der Waals surface area (Å²) in [6.45, 7) is 3.97. The molecule has 132 valence electrons. The van der Waals surface area contributed by atoms with E-state index in [4.69, 9.17) is 9.47 Å². The van der Waals surface area contributed by atoms with Gasteiger partial charge in [0.1, 0.15) is 12.4 Å². The highest BCUT2D eigenvalue weighted by Gasteiger charge is 2.29. The lowest BCUT2D eigenvalue weighted by atomic mass is 9.93. The Hall–Kier alpha value is -2.07. The van der Waals surface area contributed by atoms with Gasteiger partial charge >= 0.3 is 0 Å². The first kappa shape index (κ1) is 17.7. The van der Waals surface area contributed by atoms with Crippen LogP contribution in [0.5, 0.6) is 11.5 Å². The third-order valence-electron chi connectivity index (χ3n) is 4.75. The van der Waals surface area contributed by atoms with E-state index in [1.165, 1.54) is 22.9 Å². The smallest absolute Gasteiger partial charge is 0.231 e. The number of rotatable bonds is 4. The number of hydrogen-bond acceptors (Lipinski definition) is 2. The van der Waals surface area contributed by atoms with Crippen LogP contribution in [0.1, 0.15) is 36.5 Å². The van der Waals surface area contributed by atoms with Crippen molar-refractivity contribution in [2.24, 2.45) is 0 Å². The summed E-state index contributed by atoms with van der Waals surface area (Å²) in [6.07, 6.45) is 2.96. The summed E-state index contributed by atoms with van der Waals surface area (Å²) in [7, 11) is 0. The fourth-order valence-electron chi connectivity index (χ4n) is 3.56. The number of hydrogen-bond donors (Lipinski definition) is 0.